The maximum atomic E-state index is 12.3. The SMILES string of the molecule is CCC(C#N)S(=O)(=O)N(C)C1CCC2(CC1)OCCO2. The minimum Gasteiger partial charge on any atom is -0.348 e. The molecule has 7 heteroatoms. The zero-order valence-corrected chi connectivity index (χ0v) is 12.9. The molecule has 1 saturated heterocycles. The van der Waals surface area contributed by atoms with Gasteiger partial charge in [0.1, 0.15) is 0 Å². The van der Waals surface area contributed by atoms with E-state index in [1.165, 1.54) is 4.31 Å². The lowest BCUT2D eigenvalue weighted by Crippen LogP contribution is -2.47. The highest BCUT2D eigenvalue weighted by atomic mass is 32.2. The Morgan fingerprint density at radius 3 is 2.35 bits per heavy atom. The van der Waals surface area contributed by atoms with Crippen molar-refractivity contribution in [1.82, 2.24) is 4.31 Å². The highest BCUT2D eigenvalue weighted by molar-refractivity contribution is 7.90. The first-order valence-electron chi connectivity index (χ1n) is 7.09. The van der Waals surface area contributed by atoms with E-state index in [1.54, 1.807) is 14.0 Å². The summed E-state index contributed by atoms with van der Waals surface area (Å²) in [4.78, 5) is 0. The molecule has 1 aliphatic heterocycles. The molecular weight excluding hydrogens is 280 g/mol. The summed E-state index contributed by atoms with van der Waals surface area (Å²) >= 11 is 0. The van der Waals surface area contributed by atoms with Crippen LogP contribution >= 0.6 is 0 Å². The van der Waals surface area contributed by atoms with Crippen LogP contribution in [-0.2, 0) is 19.5 Å². The largest absolute Gasteiger partial charge is 0.348 e. The van der Waals surface area contributed by atoms with Crippen LogP contribution in [0.4, 0.5) is 0 Å². The van der Waals surface area contributed by atoms with Crippen molar-refractivity contribution in [3.63, 3.8) is 0 Å². The number of hydrogen-bond donors (Lipinski definition) is 0. The summed E-state index contributed by atoms with van der Waals surface area (Å²) in [5.41, 5.74) is 0. The van der Waals surface area contributed by atoms with Gasteiger partial charge >= 0.3 is 0 Å². The molecule has 0 radical (unpaired) electrons. The number of ether oxygens (including phenoxy) is 2. The van der Waals surface area contributed by atoms with Crippen molar-refractivity contribution >= 4 is 10.0 Å². The van der Waals surface area contributed by atoms with Gasteiger partial charge in [0, 0.05) is 25.9 Å². The van der Waals surface area contributed by atoms with E-state index in [4.69, 9.17) is 14.7 Å². The number of hydrogen-bond acceptors (Lipinski definition) is 5. The molecule has 2 fully saturated rings. The molecule has 2 aliphatic rings. The van der Waals surface area contributed by atoms with Crippen LogP contribution in [0.25, 0.3) is 0 Å². The second kappa shape index (κ2) is 5.98. The minimum atomic E-state index is -3.55. The summed E-state index contributed by atoms with van der Waals surface area (Å²) in [7, 11) is -1.97. The maximum absolute atomic E-state index is 12.3. The fourth-order valence-corrected chi connectivity index (χ4v) is 4.55. The van der Waals surface area contributed by atoms with Crippen LogP contribution in [-0.4, -0.2) is 50.1 Å². The monoisotopic (exact) mass is 302 g/mol. The average Bonchev–Trinajstić information content (AvgIpc) is 2.88. The Labute approximate surface area is 120 Å². The molecule has 0 aromatic carbocycles. The van der Waals surface area contributed by atoms with E-state index in [9.17, 15) is 8.42 Å². The van der Waals surface area contributed by atoms with E-state index in [2.05, 4.69) is 0 Å². The molecule has 0 N–H and O–H groups in total. The molecule has 0 bridgehead atoms. The number of rotatable bonds is 4. The smallest absolute Gasteiger partial charge is 0.230 e. The van der Waals surface area contributed by atoms with E-state index in [-0.39, 0.29) is 6.04 Å². The molecule has 1 saturated carbocycles. The van der Waals surface area contributed by atoms with Crippen LogP contribution < -0.4 is 0 Å². The highest BCUT2D eigenvalue weighted by Crippen LogP contribution is 2.37. The van der Waals surface area contributed by atoms with Crippen molar-refractivity contribution in [3.05, 3.63) is 0 Å². The zero-order chi connectivity index (χ0) is 14.8. The Morgan fingerprint density at radius 1 is 1.35 bits per heavy atom. The Bertz CT molecular complexity index is 469. The van der Waals surface area contributed by atoms with Crippen LogP contribution in [0.3, 0.4) is 0 Å². The normalized spacial score (nSPS) is 24.9. The number of nitriles is 1. The molecule has 2 rings (SSSR count). The van der Waals surface area contributed by atoms with Gasteiger partial charge in [-0.2, -0.15) is 5.26 Å². The third-order valence-corrected chi connectivity index (χ3v) is 6.58. The average molecular weight is 302 g/mol. The summed E-state index contributed by atoms with van der Waals surface area (Å²) in [6.45, 7) is 2.95. The van der Waals surface area contributed by atoms with E-state index < -0.39 is 21.1 Å². The first-order chi connectivity index (χ1) is 9.45. The summed E-state index contributed by atoms with van der Waals surface area (Å²) in [6.07, 6.45) is 3.14. The molecule has 1 heterocycles. The van der Waals surface area contributed by atoms with E-state index in [1.807, 2.05) is 6.07 Å². The number of nitrogens with zero attached hydrogens (tertiary/aromatic N) is 2. The van der Waals surface area contributed by atoms with Gasteiger partial charge in [0.2, 0.25) is 10.0 Å². The molecule has 1 aliphatic carbocycles. The second-order valence-electron chi connectivity index (χ2n) is 5.43. The molecular formula is C13H22N2O4S. The molecule has 1 atom stereocenters. The van der Waals surface area contributed by atoms with Gasteiger partial charge in [-0.15, -0.1) is 0 Å². The van der Waals surface area contributed by atoms with Gasteiger partial charge in [-0.25, -0.2) is 12.7 Å². The Balaban J connectivity index is 2.01. The van der Waals surface area contributed by atoms with Crippen molar-refractivity contribution in [3.8, 4) is 6.07 Å². The van der Waals surface area contributed by atoms with Gasteiger partial charge in [0.25, 0.3) is 0 Å². The van der Waals surface area contributed by atoms with Crippen molar-refractivity contribution in [2.45, 2.75) is 56.1 Å². The van der Waals surface area contributed by atoms with Crippen LogP contribution in [0.15, 0.2) is 0 Å². The second-order valence-corrected chi connectivity index (χ2v) is 7.60. The molecule has 1 spiro atoms. The van der Waals surface area contributed by atoms with Crippen molar-refractivity contribution in [2.24, 2.45) is 0 Å². The van der Waals surface area contributed by atoms with Gasteiger partial charge in [-0.3, -0.25) is 0 Å². The van der Waals surface area contributed by atoms with Crippen LogP contribution in [0.5, 0.6) is 0 Å². The van der Waals surface area contributed by atoms with Crippen LogP contribution in [0.1, 0.15) is 39.0 Å². The first kappa shape index (κ1) is 15.7. The van der Waals surface area contributed by atoms with Crippen molar-refractivity contribution in [2.75, 3.05) is 20.3 Å². The third kappa shape index (κ3) is 2.84. The minimum absolute atomic E-state index is 0.0687. The molecule has 6 nitrogen and oxygen atoms in total. The van der Waals surface area contributed by atoms with Crippen molar-refractivity contribution < 1.29 is 17.9 Å². The molecule has 0 aromatic heterocycles. The molecule has 0 aromatic rings. The Morgan fingerprint density at radius 2 is 1.90 bits per heavy atom. The predicted octanol–water partition coefficient (Wildman–Crippen LogP) is 1.24. The maximum Gasteiger partial charge on any atom is 0.230 e. The Kier molecular flexibility index (Phi) is 4.69. The molecule has 0 amide bonds. The predicted molar refractivity (Wildman–Crippen MR) is 73.3 cm³/mol. The summed E-state index contributed by atoms with van der Waals surface area (Å²) in [5, 5.41) is 8.02. The summed E-state index contributed by atoms with van der Waals surface area (Å²) in [5.74, 6) is -0.486. The van der Waals surface area contributed by atoms with E-state index in [0.717, 1.165) is 0 Å². The van der Waals surface area contributed by atoms with Gasteiger partial charge in [-0.05, 0) is 19.3 Å². The highest BCUT2D eigenvalue weighted by Gasteiger charge is 2.43. The lowest BCUT2D eigenvalue weighted by atomic mass is 9.90. The van der Waals surface area contributed by atoms with Crippen molar-refractivity contribution in [1.29, 1.82) is 5.26 Å². The van der Waals surface area contributed by atoms with Gasteiger partial charge in [0.15, 0.2) is 11.0 Å². The van der Waals surface area contributed by atoms with E-state index >= 15 is 0 Å². The fourth-order valence-electron chi connectivity index (χ4n) is 2.97. The lowest BCUT2D eigenvalue weighted by Gasteiger charge is -2.38. The van der Waals surface area contributed by atoms with Gasteiger partial charge in [0.05, 0.1) is 19.3 Å². The first-order valence-corrected chi connectivity index (χ1v) is 8.60. The van der Waals surface area contributed by atoms with Gasteiger partial charge < -0.3 is 9.47 Å². The lowest BCUT2D eigenvalue weighted by molar-refractivity contribution is -0.181. The zero-order valence-electron chi connectivity index (χ0n) is 12.0. The van der Waals surface area contributed by atoms with Crippen LogP contribution in [0, 0.1) is 11.3 Å². The van der Waals surface area contributed by atoms with Gasteiger partial charge in [-0.1, -0.05) is 6.92 Å². The standard InChI is InChI=1S/C13H22N2O4S/c1-3-12(10-14)20(16,17)15(2)11-4-6-13(7-5-11)18-8-9-19-13/h11-12H,3-9H2,1-2H3. The third-order valence-electron chi connectivity index (χ3n) is 4.32. The topological polar surface area (TPSA) is 79.6 Å². The summed E-state index contributed by atoms with van der Waals surface area (Å²) in [6, 6.07) is 1.81. The van der Waals surface area contributed by atoms with E-state index in [0.29, 0.717) is 45.3 Å². The molecule has 20 heavy (non-hydrogen) atoms. The quantitative estimate of drug-likeness (QED) is 0.780. The van der Waals surface area contributed by atoms with Crippen LogP contribution in [0.2, 0.25) is 0 Å². The molecule has 1 unspecified atom stereocenters. The Hall–Kier alpha value is -0.680. The fraction of sp³-hybridized carbons (Fsp3) is 0.923. The number of sulfonamides is 1. The summed E-state index contributed by atoms with van der Waals surface area (Å²) < 4.78 is 37.4. The molecule has 114 valence electrons.